The van der Waals surface area contributed by atoms with Crippen LogP contribution in [0.3, 0.4) is 0 Å². The van der Waals surface area contributed by atoms with Crippen molar-refractivity contribution in [3.8, 4) is 0 Å². The Morgan fingerprint density at radius 3 is 1.43 bits per heavy atom. The van der Waals surface area contributed by atoms with E-state index in [0.717, 1.165) is 6.42 Å². The lowest BCUT2D eigenvalue weighted by Crippen LogP contribution is -2.39. The number of carbonyl (C=O) groups excluding carboxylic acids is 8. The Labute approximate surface area is 467 Å². The molecule has 0 rings (SSSR count). The van der Waals surface area contributed by atoms with Gasteiger partial charge >= 0.3 is 47.8 Å². The van der Waals surface area contributed by atoms with Gasteiger partial charge < -0.3 is 58.7 Å². The van der Waals surface area contributed by atoms with Crippen LogP contribution in [0.2, 0.25) is 0 Å². The lowest BCUT2D eigenvalue weighted by molar-refractivity contribution is -0.160. The van der Waals surface area contributed by atoms with Crippen LogP contribution >= 0.6 is 54.8 Å². The summed E-state index contributed by atoms with van der Waals surface area (Å²) in [7, 11) is 12.9. The van der Waals surface area contributed by atoms with Crippen LogP contribution < -0.4 is 11.1 Å². The maximum atomic E-state index is 14.0. The molecular weight excluding hydrogens is 1080 g/mol. The van der Waals surface area contributed by atoms with Crippen molar-refractivity contribution in [1.29, 1.82) is 0 Å². The minimum absolute atomic E-state index is 0.0118. The molecule has 0 aliphatic heterocycles. The molecule has 0 amide bonds. The van der Waals surface area contributed by atoms with Crippen molar-refractivity contribution in [2.75, 3.05) is 137 Å². The minimum Gasteiger partial charge on any atom is -0.466 e. The molecule has 0 spiro atoms. The molecule has 0 saturated carbocycles. The molecule has 434 valence electrons. The monoisotopic (exact) mass is 1160 g/mol. The van der Waals surface area contributed by atoms with Gasteiger partial charge in [0, 0.05) is 36.1 Å². The van der Waals surface area contributed by atoms with Gasteiger partial charge in [-0.2, -0.15) is 4.79 Å². The number of nitrogens with zero attached hydrogens (tertiary/aromatic N) is 2. The van der Waals surface area contributed by atoms with Crippen LogP contribution in [0.25, 0.3) is 0 Å². The maximum Gasteiger partial charge on any atom is 0.498 e. The van der Waals surface area contributed by atoms with Gasteiger partial charge in [-0.15, -0.1) is 11.6 Å². The predicted octanol–water partition coefficient (Wildman–Crippen LogP) is 5.64. The van der Waals surface area contributed by atoms with E-state index in [-0.39, 0.29) is 97.5 Å². The standard InChI is InChI=1S/C50H88ClN4O16S4/c1-13-64-45(61)48(4,5)32-37(30-36(3)41(57)67-20-18-54(9)10)42(58)68-23-27-74-75-28-24-69-43(59)38(33-49(6,7)46(62)65-14-2)31-39(34-50(8,51)47(63)71-21-19-55(11)12)44(60)70-25-29-73-72-26-22-66-40(56)35-53-17-15-16-52/h37-39,53H,13-35,52H2,1-12H3/q+1. The molecule has 4 unspecified atom stereocenters. The summed E-state index contributed by atoms with van der Waals surface area (Å²) < 4.78 is 43.7. The van der Waals surface area contributed by atoms with Crippen molar-refractivity contribution in [2.24, 2.45) is 34.3 Å². The van der Waals surface area contributed by atoms with Gasteiger partial charge in [0.05, 0.1) is 55.3 Å². The Morgan fingerprint density at radius 2 is 0.987 bits per heavy atom. The molecule has 0 bridgehead atoms. The normalized spacial score (nSPS) is 13.7. The maximum absolute atomic E-state index is 14.0. The van der Waals surface area contributed by atoms with E-state index >= 15 is 0 Å². The summed E-state index contributed by atoms with van der Waals surface area (Å²) in [6.45, 7) is 15.9. The number of hydrogen-bond donors (Lipinski definition) is 2. The Hall–Kier alpha value is -2.84. The number of rotatable bonds is 44. The van der Waals surface area contributed by atoms with Crippen LogP contribution in [-0.2, 0) is 76.3 Å². The highest BCUT2D eigenvalue weighted by Crippen LogP contribution is 2.37. The highest BCUT2D eigenvalue weighted by molar-refractivity contribution is 8.77. The molecule has 0 aromatic rings. The van der Waals surface area contributed by atoms with E-state index in [0.29, 0.717) is 55.1 Å². The minimum atomic E-state index is -1.69. The van der Waals surface area contributed by atoms with E-state index in [9.17, 15) is 38.4 Å². The average molecular weight is 1160 g/mol. The van der Waals surface area contributed by atoms with Gasteiger partial charge in [-0.3, -0.25) is 33.6 Å². The van der Waals surface area contributed by atoms with Crippen molar-refractivity contribution in [3.63, 3.8) is 0 Å². The second kappa shape index (κ2) is 40.4. The highest BCUT2D eigenvalue weighted by Gasteiger charge is 2.44. The largest absolute Gasteiger partial charge is 0.498 e. The summed E-state index contributed by atoms with van der Waals surface area (Å²) in [5.74, 6) is -5.72. The molecule has 0 aromatic carbocycles. The number of nitrogens with one attached hydrogen (secondary N) is 1. The SMILES string of the molecule is CCOC(=O)C(C)(C)CC(C[C+](C)C(=O)OCCN(C)C)C(=O)OCCSSCCOC(=O)C(CC(CC(C)(Cl)C(=O)OCCN(C)C)C(=O)OCCSSCCOC(=O)CNCCCN)CC(C)(C)C(=O)OCC. The Bertz CT molecular complexity index is 1710. The third kappa shape index (κ3) is 33.9. The number of halogens is 1. The molecule has 0 heterocycles. The third-order valence-electron chi connectivity index (χ3n) is 10.9. The van der Waals surface area contributed by atoms with Gasteiger partial charge in [-0.05, 0) is 122 Å². The van der Waals surface area contributed by atoms with E-state index in [1.165, 1.54) is 50.1 Å². The second-order valence-corrected chi connectivity index (χ2v) is 25.8. The number of nitrogens with two attached hydrogens (primary N) is 1. The first-order chi connectivity index (χ1) is 35.2. The first-order valence-electron chi connectivity index (χ1n) is 25.3. The first kappa shape index (κ1) is 72.2. The quantitative estimate of drug-likeness (QED) is 0.0187. The van der Waals surface area contributed by atoms with Crippen LogP contribution in [0.1, 0.15) is 93.9 Å². The highest BCUT2D eigenvalue weighted by atomic mass is 35.5. The third-order valence-corrected chi connectivity index (χ3v) is 15.9. The zero-order valence-corrected chi connectivity index (χ0v) is 50.5. The van der Waals surface area contributed by atoms with Gasteiger partial charge in [-0.25, -0.2) is 0 Å². The van der Waals surface area contributed by atoms with Gasteiger partial charge in [0.2, 0.25) is 5.92 Å². The zero-order valence-electron chi connectivity index (χ0n) is 46.5. The molecular formula is C50H88ClN4O16S4+. The second-order valence-electron chi connectivity index (χ2n) is 19.5. The zero-order chi connectivity index (χ0) is 57.0. The number of carbonyl (C=O) groups is 8. The first-order valence-corrected chi connectivity index (χ1v) is 30.6. The molecule has 75 heavy (non-hydrogen) atoms. The molecule has 0 aliphatic carbocycles. The van der Waals surface area contributed by atoms with E-state index in [4.69, 9.17) is 55.2 Å². The number of hydrogen-bond acceptors (Lipinski definition) is 24. The topological polar surface area (TPSA) is 255 Å². The lowest BCUT2D eigenvalue weighted by Gasteiger charge is -2.30. The fourth-order valence-electron chi connectivity index (χ4n) is 6.85. The number of ether oxygens (including phenoxy) is 8. The van der Waals surface area contributed by atoms with Crippen LogP contribution in [0.5, 0.6) is 0 Å². The van der Waals surface area contributed by atoms with Gasteiger partial charge in [0.1, 0.15) is 50.9 Å². The lowest BCUT2D eigenvalue weighted by atomic mass is 9.77. The predicted molar refractivity (Wildman–Crippen MR) is 297 cm³/mol. The van der Waals surface area contributed by atoms with Crippen molar-refractivity contribution in [3.05, 3.63) is 5.92 Å². The van der Waals surface area contributed by atoms with E-state index < -0.39 is 75.2 Å². The van der Waals surface area contributed by atoms with E-state index in [1.807, 2.05) is 38.0 Å². The number of esters is 8. The van der Waals surface area contributed by atoms with Crippen LogP contribution in [0, 0.1) is 34.5 Å². The Balaban J connectivity index is 5.87. The summed E-state index contributed by atoms with van der Waals surface area (Å²) in [6.07, 6.45) is 0.351. The number of alkyl halides is 1. The van der Waals surface area contributed by atoms with Gasteiger partial charge in [-0.1, -0.05) is 43.2 Å². The molecule has 0 fully saturated rings. The summed E-state index contributed by atoms with van der Waals surface area (Å²) in [4.78, 5) is 107. The summed E-state index contributed by atoms with van der Waals surface area (Å²) >= 11 is 6.81. The number of likely N-dealkylation sites (N-methyl/N-ethyl adjacent to an activating group) is 2. The Morgan fingerprint density at radius 1 is 0.573 bits per heavy atom. The van der Waals surface area contributed by atoms with Crippen molar-refractivity contribution in [1.82, 2.24) is 15.1 Å². The van der Waals surface area contributed by atoms with Gasteiger partial charge in [0.25, 0.3) is 0 Å². The molecule has 20 nitrogen and oxygen atoms in total. The molecule has 0 saturated heterocycles. The van der Waals surface area contributed by atoms with Crippen LogP contribution in [0.4, 0.5) is 0 Å². The Kier molecular flexibility index (Phi) is 38.8. The van der Waals surface area contributed by atoms with Crippen LogP contribution in [0.15, 0.2) is 0 Å². The van der Waals surface area contributed by atoms with E-state index in [2.05, 4.69) is 5.32 Å². The molecule has 0 radical (unpaired) electrons. The van der Waals surface area contributed by atoms with E-state index in [1.54, 1.807) is 48.5 Å². The van der Waals surface area contributed by atoms with Crippen LogP contribution in [-0.4, -0.2) is 199 Å². The average Bonchev–Trinajstić information content (AvgIpc) is 3.33. The smallest absolute Gasteiger partial charge is 0.466 e. The molecule has 0 aromatic heterocycles. The van der Waals surface area contributed by atoms with Gasteiger partial charge in [0.15, 0.2) is 0 Å². The molecule has 3 N–H and O–H groups in total. The summed E-state index contributed by atoms with van der Waals surface area (Å²) in [5.41, 5.74) is 3.24. The molecule has 0 aliphatic rings. The van der Waals surface area contributed by atoms with Crippen molar-refractivity contribution in [2.45, 2.75) is 98.8 Å². The summed E-state index contributed by atoms with van der Waals surface area (Å²) in [5, 5.41) is 2.96. The molecule has 25 heteroatoms. The fourth-order valence-corrected chi connectivity index (χ4v) is 10.4. The molecule has 4 atom stereocenters. The summed E-state index contributed by atoms with van der Waals surface area (Å²) in [6, 6.07) is 0. The van der Waals surface area contributed by atoms with Crippen molar-refractivity contribution >= 4 is 103 Å². The van der Waals surface area contributed by atoms with Crippen molar-refractivity contribution < 1.29 is 76.3 Å². The fraction of sp³-hybridized carbons (Fsp3) is 0.820.